The van der Waals surface area contributed by atoms with Crippen LogP contribution in [0.5, 0.6) is 5.75 Å². The van der Waals surface area contributed by atoms with E-state index in [1.54, 1.807) is 42.3 Å². The Morgan fingerprint density at radius 3 is 2.66 bits per heavy atom. The Bertz CT molecular complexity index is 963. The molecule has 3 rings (SSSR count). The van der Waals surface area contributed by atoms with E-state index in [0.29, 0.717) is 48.0 Å². The molecule has 1 saturated heterocycles. The number of carbonyl (C=O) groups is 1. The first-order valence-corrected chi connectivity index (χ1v) is 11.1. The van der Waals surface area contributed by atoms with Crippen molar-refractivity contribution in [3.05, 3.63) is 58.9 Å². The zero-order valence-electron chi connectivity index (χ0n) is 17.5. The molecule has 1 aliphatic heterocycles. The van der Waals surface area contributed by atoms with Gasteiger partial charge in [-0.05, 0) is 55.2 Å². The highest BCUT2D eigenvalue weighted by molar-refractivity contribution is 7.94. The molecule has 0 saturated carbocycles. The standard InChI is InChI=1S/C22H23ClFN3O4S/c1-26-30-31-32-20-12-17(23)4-7-19(20)29-14-21(28)27-10-8-22(15-25,9-11-27)13-16-2-5-18(24)6-3-16/h2-7,12,26H,8-11,13-14H2,1H3. The van der Waals surface area contributed by atoms with E-state index in [-0.39, 0.29) is 18.3 Å². The predicted molar refractivity (Wildman–Crippen MR) is 118 cm³/mol. The summed E-state index contributed by atoms with van der Waals surface area (Å²) in [5, 5.41) is 10.3. The number of hydrogen-bond donors (Lipinski definition) is 1. The van der Waals surface area contributed by atoms with E-state index < -0.39 is 5.41 Å². The normalized spacial score (nSPS) is 15.2. The highest BCUT2D eigenvalue weighted by Crippen LogP contribution is 2.35. The number of halogens is 2. The summed E-state index contributed by atoms with van der Waals surface area (Å²) in [6.45, 7) is 0.760. The third kappa shape index (κ3) is 6.58. The molecule has 32 heavy (non-hydrogen) atoms. The summed E-state index contributed by atoms with van der Waals surface area (Å²) in [5.41, 5.74) is 2.72. The average molecular weight is 480 g/mol. The summed E-state index contributed by atoms with van der Waals surface area (Å²) in [7, 11) is 1.55. The second-order valence-corrected chi connectivity index (χ2v) is 8.57. The summed E-state index contributed by atoms with van der Waals surface area (Å²) in [6.07, 6.45) is 1.62. The first-order valence-electron chi connectivity index (χ1n) is 9.97. The molecule has 1 N–H and O–H groups in total. The van der Waals surface area contributed by atoms with Crippen molar-refractivity contribution >= 4 is 29.6 Å². The summed E-state index contributed by atoms with van der Waals surface area (Å²) in [5.74, 6) is -0.0349. The first kappa shape index (κ1) is 24.3. The van der Waals surface area contributed by atoms with Crippen LogP contribution in [0.15, 0.2) is 47.4 Å². The van der Waals surface area contributed by atoms with Crippen LogP contribution in [-0.2, 0) is 20.5 Å². The van der Waals surface area contributed by atoms with Crippen LogP contribution in [-0.4, -0.2) is 37.6 Å². The summed E-state index contributed by atoms with van der Waals surface area (Å²) in [6, 6.07) is 13.6. The van der Waals surface area contributed by atoms with Crippen LogP contribution in [0, 0.1) is 22.6 Å². The maximum absolute atomic E-state index is 13.2. The van der Waals surface area contributed by atoms with Crippen LogP contribution in [0.1, 0.15) is 18.4 Å². The van der Waals surface area contributed by atoms with Crippen molar-refractivity contribution in [1.82, 2.24) is 10.4 Å². The van der Waals surface area contributed by atoms with Crippen molar-refractivity contribution in [2.24, 2.45) is 5.41 Å². The molecule has 0 atom stereocenters. The van der Waals surface area contributed by atoms with E-state index >= 15 is 0 Å². The van der Waals surface area contributed by atoms with Gasteiger partial charge in [0.05, 0.1) is 28.4 Å². The fourth-order valence-electron chi connectivity index (χ4n) is 3.49. The van der Waals surface area contributed by atoms with Gasteiger partial charge in [0.25, 0.3) is 5.91 Å². The van der Waals surface area contributed by atoms with Crippen LogP contribution in [0.3, 0.4) is 0 Å². The number of piperidine rings is 1. The summed E-state index contributed by atoms with van der Waals surface area (Å²) < 4.78 is 23.7. The number of carbonyl (C=O) groups excluding carboxylic acids is 1. The lowest BCUT2D eigenvalue weighted by Gasteiger charge is -2.37. The van der Waals surface area contributed by atoms with Gasteiger partial charge in [-0.1, -0.05) is 23.7 Å². The van der Waals surface area contributed by atoms with Crippen molar-refractivity contribution in [2.75, 3.05) is 26.7 Å². The molecule has 1 heterocycles. The number of nitriles is 1. The zero-order chi connectivity index (χ0) is 23.0. The molecule has 2 aromatic rings. The molecule has 0 bridgehead atoms. The van der Waals surface area contributed by atoms with Gasteiger partial charge in [0.15, 0.2) is 6.61 Å². The largest absolute Gasteiger partial charge is 0.483 e. The molecule has 0 spiro atoms. The number of nitrogens with one attached hydrogen (secondary N) is 1. The molecular formula is C22H23ClFN3O4S. The lowest BCUT2D eigenvalue weighted by Crippen LogP contribution is -2.45. The van der Waals surface area contributed by atoms with Gasteiger partial charge in [0.2, 0.25) is 0 Å². The third-order valence-electron chi connectivity index (χ3n) is 5.26. The van der Waals surface area contributed by atoms with Gasteiger partial charge in [0, 0.05) is 25.2 Å². The lowest BCUT2D eigenvalue weighted by atomic mass is 9.75. The lowest BCUT2D eigenvalue weighted by molar-refractivity contribution is -0.238. The van der Waals surface area contributed by atoms with Crippen molar-refractivity contribution in [3.8, 4) is 11.8 Å². The van der Waals surface area contributed by atoms with Crippen LogP contribution < -0.4 is 10.2 Å². The van der Waals surface area contributed by atoms with E-state index in [4.69, 9.17) is 20.7 Å². The Morgan fingerprint density at radius 2 is 2.00 bits per heavy atom. The number of nitrogens with zero attached hydrogens (tertiary/aromatic N) is 2. The maximum atomic E-state index is 13.2. The van der Waals surface area contributed by atoms with Gasteiger partial charge in [-0.15, -0.1) is 9.32 Å². The highest BCUT2D eigenvalue weighted by atomic mass is 35.5. The monoisotopic (exact) mass is 479 g/mol. The number of likely N-dealkylation sites (tertiary alicyclic amines) is 1. The fraction of sp³-hybridized carbons (Fsp3) is 0.364. The Balaban J connectivity index is 1.54. The average Bonchev–Trinajstić information content (AvgIpc) is 2.80. The Kier molecular flexibility index (Phi) is 8.73. The molecule has 0 aliphatic carbocycles. The molecule has 2 aromatic carbocycles. The first-order chi connectivity index (χ1) is 15.4. The van der Waals surface area contributed by atoms with Gasteiger partial charge in [0.1, 0.15) is 11.6 Å². The second kappa shape index (κ2) is 11.5. The number of benzene rings is 2. The second-order valence-electron chi connectivity index (χ2n) is 7.39. The summed E-state index contributed by atoms with van der Waals surface area (Å²) >= 11 is 6.92. The van der Waals surface area contributed by atoms with Crippen molar-refractivity contribution in [1.29, 1.82) is 5.26 Å². The Hall–Kier alpha value is -2.35. The minimum Gasteiger partial charge on any atom is -0.483 e. The van der Waals surface area contributed by atoms with Crippen LogP contribution in [0.25, 0.3) is 0 Å². The molecule has 0 unspecified atom stereocenters. The van der Waals surface area contributed by atoms with Crippen LogP contribution >= 0.6 is 23.6 Å². The van der Waals surface area contributed by atoms with Crippen molar-refractivity contribution in [2.45, 2.75) is 24.2 Å². The molecule has 170 valence electrons. The van der Waals surface area contributed by atoms with Crippen molar-refractivity contribution < 1.29 is 23.2 Å². The van der Waals surface area contributed by atoms with E-state index in [2.05, 4.69) is 16.5 Å². The summed E-state index contributed by atoms with van der Waals surface area (Å²) in [4.78, 5) is 19.6. The number of amides is 1. The molecule has 0 aromatic heterocycles. The van der Waals surface area contributed by atoms with E-state index in [1.165, 1.54) is 12.1 Å². The SMILES string of the molecule is CNOOSc1cc(Cl)ccc1OCC(=O)N1CCC(C#N)(Cc2ccc(F)cc2)CC1. The minimum absolute atomic E-state index is 0.153. The topological polar surface area (TPSA) is 83.8 Å². The number of rotatable bonds is 9. The quantitative estimate of drug-likeness (QED) is 0.248. The van der Waals surface area contributed by atoms with Crippen LogP contribution in [0.4, 0.5) is 4.39 Å². The molecule has 1 aliphatic rings. The van der Waals surface area contributed by atoms with Gasteiger partial charge >= 0.3 is 0 Å². The van der Waals surface area contributed by atoms with E-state index in [1.807, 2.05) is 0 Å². The smallest absolute Gasteiger partial charge is 0.260 e. The zero-order valence-corrected chi connectivity index (χ0v) is 19.0. The van der Waals surface area contributed by atoms with Gasteiger partial charge in [-0.3, -0.25) is 4.79 Å². The molecular weight excluding hydrogens is 457 g/mol. The molecule has 10 heteroatoms. The van der Waals surface area contributed by atoms with Crippen LogP contribution in [0.2, 0.25) is 5.02 Å². The minimum atomic E-state index is -0.569. The van der Waals surface area contributed by atoms with Gasteiger partial charge in [-0.25, -0.2) is 4.39 Å². The number of hydroxylamine groups is 1. The van der Waals surface area contributed by atoms with E-state index in [9.17, 15) is 14.4 Å². The maximum Gasteiger partial charge on any atom is 0.260 e. The van der Waals surface area contributed by atoms with Crippen molar-refractivity contribution in [3.63, 3.8) is 0 Å². The Morgan fingerprint density at radius 1 is 1.28 bits per heavy atom. The predicted octanol–water partition coefficient (Wildman–Crippen LogP) is 4.32. The Labute approximate surface area is 195 Å². The van der Waals surface area contributed by atoms with Gasteiger partial charge < -0.3 is 9.64 Å². The molecule has 7 nitrogen and oxygen atoms in total. The molecule has 1 fully saturated rings. The number of ether oxygens (including phenoxy) is 1. The number of hydrogen-bond acceptors (Lipinski definition) is 7. The molecule has 1 amide bonds. The molecule has 0 radical (unpaired) electrons. The van der Waals surface area contributed by atoms with Gasteiger partial charge in [-0.2, -0.15) is 10.7 Å². The van der Waals surface area contributed by atoms with E-state index in [0.717, 1.165) is 17.6 Å². The fourth-order valence-corrected chi connectivity index (χ4v) is 4.29. The third-order valence-corrected chi connectivity index (χ3v) is 6.13. The highest BCUT2D eigenvalue weighted by Gasteiger charge is 2.36.